The molecule has 7 atom stereocenters. The van der Waals surface area contributed by atoms with E-state index in [1.54, 1.807) is 5.57 Å². The van der Waals surface area contributed by atoms with Gasteiger partial charge in [0.2, 0.25) is 0 Å². The standard InChI is InChI=1S/C27H48O/c1-19(2)8-6-9-20(3)22-10-7-11-26-25(21(4)12-13-22)15-14-23-18-24(28)16-17-27(23,26)5/h14,19-22,24-26,28H,6-13,15-18H2,1-5H3/t20-,21+,22?,24+,25+,26+,27+/m1/s1. The Bertz CT molecular complexity index is 520. The van der Waals surface area contributed by atoms with Gasteiger partial charge in [0.05, 0.1) is 6.10 Å². The van der Waals surface area contributed by atoms with Crippen LogP contribution in [0.2, 0.25) is 0 Å². The average Bonchev–Trinajstić information content (AvgIpc) is 2.72. The van der Waals surface area contributed by atoms with Gasteiger partial charge in [-0.2, -0.15) is 0 Å². The summed E-state index contributed by atoms with van der Waals surface area (Å²) in [5.74, 6) is 5.29. The summed E-state index contributed by atoms with van der Waals surface area (Å²) in [6, 6.07) is 0. The quantitative estimate of drug-likeness (QED) is 0.477. The maximum atomic E-state index is 10.2. The lowest BCUT2D eigenvalue weighted by atomic mass is 9.54. The van der Waals surface area contributed by atoms with Gasteiger partial charge < -0.3 is 5.11 Å². The fraction of sp³-hybridized carbons (Fsp3) is 0.926. The normalized spacial score (nSPS) is 40.5. The van der Waals surface area contributed by atoms with Gasteiger partial charge in [0.15, 0.2) is 0 Å². The highest BCUT2D eigenvalue weighted by Crippen LogP contribution is 2.56. The molecule has 0 spiro atoms. The zero-order valence-electron chi connectivity index (χ0n) is 19.6. The van der Waals surface area contributed by atoms with E-state index in [0.29, 0.717) is 5.41 Å². The Balaban J connectivity index is 1.65. The van der Waals surface area contributed by atoms with E-state index in [0.717, 1.165) is 48.3 Å². The van der Waals surface area contributed by atoms with Crippen LogP contribution in [0.25, 0.3) is 0 Å². The van der Waals surface area contributed by atoms with Crippen molar-refractivity contribution >= 4 is 0 Å². The minimum absolute atomic E-state index is 0.0827. The molecule has 3 aliphatic carbocycles. The molecule has 2 saturated carbocycles. The molecular formula is C27H48O. The van der Waals surface area contributed by atoms with Crippen LogP contribution in [0.5, 0.6) is 0 Å². The summed E-state index contributed by atoms with van der Waals surface area (Å²) in [6.07, 6.45) is 18.4. The number of aliphatic hydroxyl groups excluding tert-OH is 1. The molecule has 0 aromatic rings. The molecule has 0 heterocycles. The van der Waals surface area contributed by atoms with Gasteiger partial charge in [-0.05, 0) is 79.4 Å². The highest BCUT2D eigenvalue weighted by molar-refractivity contribution is 5.23. The summed E-state index contributed by atoms with van der Waals surface area (Å²) < 4.78 is 0. The third-order valence-electron chi connectivity index (χ3n) is 9.22. The highest BCUT2D eigenvalue weighted by Gasteiger charge is 2.47. The van der Waals surface area contributed by atoms with Crippen LogP contribution in [-0.4, -0.2) is 11.2 Å². The first-order valence-electron chi connectivity index (χ1n) is 12.7. The Morgan fingerprint density at radius 2 is 1.86 bits per heavy atom. The third-order valence-corrected chi connectivity index (χ3v) is 9.22. The molecule has 28 heavy (non-hydrogen) atoms. The predicted octanol–water partition coefficient (Wildman–Crippen LogP) is 7.78. The van der Waals surface area contributed by atoms with Crippen molar-refractivity contribution in [1.82, 2.24) is 0 Å². The number of rotatable bonds is 5. The topological polar surface area (TPSA) is 20.2 Å². The molecule has 3 rings (SSSR count). The largest absolute Gasteiger partial charge is 0.393 e. The zero-order chi connectivity index (χ0) is 20.3. The summed E-state index contributed by atoms with van der Waals surface area (Å²) in [5.41, 5.74) is 1.98. The first-order chi connectivity index (χ1) is 13.3. The molecule has 0 radical (unpaired) electrons. The van der Waals surface area contributed by atoms with Crippen molar-refractivity contribution in [3.63, 3.8) is 0 Å². The Morgan fingerprint density at radius 3 is 2.61 bits per heavy atom. The van der Waals surface area contributed by atoms with Crippen molar-refractivity contribution in [3.05, 3.63) is 11.6 Å². The number of aliphatic hydroxyl groups is 1. The average molecular weight is 389 g/mol. The van der Waals surface area contributed by atoms with E-state index in [1.807, 2.05) is 0 Å². The minimum Gasteiger partial charge on any atom is -0.393 e. The Labute approximate surface area is 175 Å². The van der Waals surface area contributed by atoms with Crippen molar-refractivity contribution < 1.29 is 5.11 Å². The van der Waals surface area contributed by atoms with Crippen LogP contribution in [0.1, 0.15) is 112 Å². The fourth-order valence-corrected chi connectivity index (χ4v) is 7.12. The molecule has 0 aromatic carbocycles. The van der Waals surface area contributed by atoms with Gasteiger partial charge >= 0.3 is 0 Å². The first-order valence-corrected chi connectivity index (χ1v) is 12.7. The van der Waals surface area contributed by atoms with Gasteiger partial charge in [0.1, 0.15) is 0 Å². The second kappa shape index (κ2) is 9.67. The number of hydrogen-bond donors (Lipinski definition) is 1. The molecule has 0 saturated heterocycles. The predicted molar refractivity (Wildman–Crippen MR) is 121 cm³/mol. The van der Waals surface area contributed by atoms with E-state index >= 15 is 0 Å². The fourth-order valence-electron chi connectivity index (χ4n) is 7.12. The van der Waals surface area contributed by atoms with Crippen molar-refractivity contribution in [2.45, 2.75) is 118 Å². The van der Waals surface area contributed by atoms with E-state index in [9.17, 15) is 5.11 Å². The van der Waals surface area contributed by atoms with E-state index in [-0.39, 0.29) is 6.10 Å². The van der Waals surface area contributed by atoms with Gasteiger partial charge in [-0.15, -0.1) is 0 Å². The summed E-state index contributed by atoms with van der Waals surface area (Å²) in [6.45, 7) is 12.4. The molecule has 0 aromatic heterocycles. The lowest BCUT2D eigenvalue weighted by Crippen LogP contribution is -2.43. The lowest BCUT2D eigenvalue weighted by molar-refractivity contribution is 0.0308. The summed E-state index contributed by atoms with van der Waals surface area (Å²) in [4.78, 5) is 0. The second-order valence-electron chi connectivity index (χ2n) is 11.6. The van der Waals surface area contributed by atoms with Gasteiger partial charge in [-0.25, -0.2) is 0 Å². The van der Waals surface area contributed by atoms with E-state index in [4.69, 9.17) is 0 Å². The first kappa shape index (κ1) is 22.4. The van der Waals surface area contributed by atoms with Gasteiger partial charge in [0, 0.05) is 0 Å². The highest BCUT2D eigenvalue weighted by atomic mass is 16.3. The van der Waals surface area contributed by atoms with E-state index in [2.05, 4.69) is 40.7 Å². The minimum atomic E-state index is -0.0827. The van der Waals surface area contributed by atoms with Crippen molar-refractivity contribution in [2.24, 2.45) is 40.9 Å². The van der Waals surface area contributed by atoms with Gasteiger partial charge in [-0.1, -0.05) is 84.8 Å². The molecule has 1 N–H and O–H groups in total. The SMILES string of the molecule is CC(C)CCC[C@@H](C)C1CCC[C@H]2[C@@H](CC=C3C[C@@H](O)CC[C@@]32C)[C@@H](C)CC1. The molecule has 0 amide bonds. The molecule has 1 unspecified atom stereocenters. The van der Waals surface area contributed by atoms with Gasteiger partial charge in [-0.3, -0.25) is 0 Å². The Kier molecular flexibility index (Phi) is 7.73. The summed E-state index contributed by atoms with van der Waals surface area (Å²) in [5, 5.41) is 10.2. The smallest absolute Gasteiger partial charge is 0.0577 e. The molecule has 1 heteroatoms. The summed E-state index contributed by atoms with van der Waals surface area (Å²) in [7, 11) is 0. The van der Waals surface area contributed by atoms with Crippen LogP contribution in [-0.2, 0) is 0 Å². The van der Waals surface area contributed by atoms with Crippen LogP contribution < -0.4 is 0 Å². The molecule has 2 fully saturated rings. The summed E-state index contributed by atoms with van der Waals surface area (Å²) >= 11 is 0. The molecular weight excluding hydrogens is 340 g/mol. The number of fused-ring (bicyclic) bond motifs is 3. The number of allylic oxidation sites excluding steroid dienone is 1. The van der Waals surface area contributed by atoms with Crippen molar-refractivity contribution in [1.29, 1.82) is 0 Å². The third kappa shape index (κ3) is 5.05. The zero-order valence-corrected chi connectivity index (χ0v) is 19.6. The molecule has 0 aliphatic heterocycles. The van der Waals surface area contributed by atoms with E-state index < -0.39 is 0 Å². The maximum Gasteiger partial charge on any atom is 0.0577 e. The lowest BCUT2D eigenvalue weighted by Gasteiger charge is -2.52. The van der Waals surface area contributed by atoms with Crippen molar-refractivity contribution in [3.8, 4) is 0 Å². The molecule has 162 valence electrons. The number of hydrogen-bond acceptors (Lipinski definition) is 1. The van der Waals surface area contributed by atoms with E-state index in [1.165, 1.54) is 64.2 Å². The van der Waals surface area contributed by atoms with Crippen LogP contribution in [0.4, 0.5) is 0 Å². The molecule has 0 bridgehead atoms. The van der Waals surface area contributed by atoms with Gasteiger partial charge in [0.25, 0.3) is 0 Å². The van der Waals surface area contributed by atoms with Crippen LogP contribution in [0.15, 0.2) is 11.6 Å². The van der Waals surface area contributed by atoms with Crippen molar-refractivity contribution in [2.75, 3.05) is 0 Å². The maximum absolute atomic E-state index is 10.2. The van der Waals surface area contributed by atoms with Crippen LogP contribution in [0.3, 0.4) is 0 Å². The molecule has 3 aliphatic rings. The molecule has 1 nitrogen and oxygen atoms in total. The monoisotopic (exact) mass is 388 g/mol. The van der Waals surface area contributed by atoms with Crippen LogP contribution in [0, 0.1) is 40.9 Å². The second-order valence-corrected chi connectivity index (χ2v) is 11.6. The Hall–Kier alpha value is -0.300. The Morgan fingerprint density at radius 1 is 1.07 bits per heavy atom. The van der Waals surface area contributed by atoms with Crippen LogP contribution >= 0.6 is 0 Å².